The highest BCUT2D eigenvalue weighted by Crippen LogP contribution is 2.18. The monoisotopic (exact) mass is 191 g/mol. The van der Waals surface area contributed by atoms with Crippen molar-refractivity contribution >= 4 is 5.69 Å². The quantitative estimate of drug-likeness (QED) is 0.762. The van der Waals surface area contributed by atoms with Crippen LogP contribution in [0.15, 0.2) is 24.3 Å². The summed E-state index contributed by atoms with van der Waals surface area (Å²) in [4.78, 5) is 0. The number of hydrogen-bond donors (Lipinski definition) is 1. The van der Waals surface area contributed by atoms with Crippen LogP contribution in [0.1, 0.15) is 32.8 Å². The summed E-state index contributed by atoms with van der Waals surface area (Å²) in [5, 5.41) is 3.56. The van der Waals surface area contributed by atoms with Crippen LogP contribution in [0.3, 0.4) is 0 Å². The summed E-state index contributed by atoms with van der Waals surface area (Å²) >= 11 is 0. The molecule has 1 rings (SSSR count). The van der Waals surface area contributed by atoms with E-state index in [1.807, 2.05) is 0 Å². The van der Waals surface area contributed by atoms with E-state index >= 15 is 0 Å². The van der Waals surface area contributed by atoms with Crippen molar-refractivity contribution in [1.82, 2.24) is 0 Å². The predicted molar refractivity (Wildman–Crippen MR) is 63.7 cm³/mol. The molecule has 2 atom stereocenters. The van der Waals surface area contributed by atoms with E-state index in [1.54, 1.807) is 0 Å². The minimum absolute atomic E-state index is 0.543. The standard InChI is InChI=1S/C13H21N/c1-5-10(2)12(4)14-13-9-7-6-8-11(13)3/h6-10,12,14H,5H2,1-4H3. The molecule has 0 bridgehead atoms. The summed E-state index contributed by atoms with van der Waals surface area (Å²) in [5.74, 6) is 0.717. The van der Waals surface area contributed by atoms with Gasteiger partial charge in [0.25, 0.3) is 0 Å². The van der Waals surface area contributed by atoms with Gasteiger partial charge in [0.2, 0.25) is 0 Å². The Labute approximate surface area is 87.5 Å². The number of hydrogen-bond acceptors (Lipinski definition) is 1. The molecule has 0 amide bonds. The van der Waals surface area contributed by atoms with Gasteiger partial charge in [-0.3, -0.25) is 0 Å². The Hall–Kier alpha value is -0.980. The van der Waals surface area contributed by atoms with E-state index in [4.69, 9.17) is 0 Å². The molecule has 78 valence electrons. The SMILES string of the molecule is CCC(C)C(C)Nc1ccccc1C. The van der Waals surface area contributed by atoms with E-state index in [9.17, 15) is 0 Å². The zero-order chi connectivity index (χ0) is 10.6. The van der Waals surface area contributed by atoms with Gasteiger partial charge in [-0.1, -0.05) is 38.5 Å². The topological polar surface area (TPSA) is 12.0 Å². The van der Waals surface area contributed by atoms with Crippen molar-refractivity contribution in [2.75, 3.05) is 5.32 Å². The molecule has 0 saturated heterocycles. The van der Waals surface area contributed by atoms with Gasteiger partial charge >= 0.3 is 0 Å². The fourth-order valence-electron chi connectivity index (χ4n) is 1.48. The highest BCUT2D eigenvalue weighted by atomic mass is 14.9. The molecule has 14 heavy (non-hydrogen) atoms. The molecule has 1 aromatic carbocycles. The van der Waals surface area contributed by atoms with Crippen molar-refractivity contribution in [2.24, 2.45) is 5.92 Å². The molecule has 0 radical (unpaired) electrons. The van der Waals surface area contributed by atoms with Crippen LogP contribution in [0.5, 0.6) is 0 Å². The number of aryl methyl sites for hydroxylation is 1. The lowest BCUT2D eigenvalue weighted by molar-refractivity contribution is 0.494. The molecule has 0 saturated carbocycles. The predicted octanol–water partition coefficient (Wildman–Crippen LogP) is 3.84. The molecule has 0 aliphatic heterocycles. The Morgan fingerprint density at radius 3 is 2.43 bits per heavy atom. The van der Waals surface area contributed by atoms with Crippen LogP contribution in [0.4, 0.5) is 5.69 Å². The molecule has 2 unspecified atom stereocenters. The smallest absolute Gasteiger partial charge is 0.0372 e. The minimum atomic E-state index is 0.543. The van der Waals surface area contributed by atoms with Gasteiger partial charge in [-0.2, -0.15) is 0 Å². The number of nitrogens with one attached hydrogen (secondary N) is 1. The molecule has 0 aliphatic carbocycles. The third-order valence-corrected chi connectivity index (χ3v) is 3.03. The van der Waals surface area contributed by atoms with E-state index in [0.717, 1.165) is 5.92 Å². The molecule has 0 heterocycles. The Bertz CT molecular complexity index is 280. The Balaban J connectivity index is 2.64. The first-order valence-corrected chi connectivity index (χ1v) is 5.47. The van der Waals surface area contributed by atoms with Gasteiger partial charge < -0.3 is 5.32 Å². The zero-order valence-electron chi connectivity index (χ0n) is 9.67. The van der Waals surface area contributed by atoms with E-state index in [-0.39, 0.29) is 0 Å². The summed E-state index contributed by atoms with van der Waals surface area (Å²) in [6.07, 6.45) is 1.22. The van der Waals surface area contributed by atoms with Crippen molar-refractivity contribution in [3.05, 3.63) is 29.8 Å². The van der Waals surface area contributed by atoms with Gasteiger partial charge in [-0.15, -0.1) is 0 Å². The van der Waals surface area contributed by atoms with Crippen LogP contribution >= 0.6 is 0 Å². The summed E-state index contributed by atoms with van der Waals surface area (Å²) < 4.78 is 0. The second-order valence-corrected chi connectivity index (χ2v) is 4.13. The van der Waals surface area contributed by atoms with Crippen molar-refractivity contribution in [1.29, 1.82) is 0 Å². The van der Waals surface area contributed by atoms with Gasteiger partial charge in [0, 0.05) is 11.7 Å². The van der Waals surface area contributed by atoms with Crippen LogP contribution in [0.25, 0.3) is 0 Å². The zero-order valence-corrected chi connectivity index (χ0v) is 9.67. The summed E-state index contributed by atoms with van der Waals surface area (Å²) in [6, 6.07) is 8.99. The molecule has 1 aromatic rings. The number of para-hydroxylation sites is 1. The van der Waals surface area contributed by atoms with E-state index in [2.05, 4.69) is 57.3 Å². The van der Waals surface area contributed by atoms with E-state index in [1.165, 1.54) is 17.7 Å². The third-order valence-electron chi connectivity index (χ3n) is 3.03. The number of rotatable bonds is 4. The average Bonchev–Trinajstić information content (AvgIpc) is 2.20. The fourth-order valence-corrected chi connectivity index (χ4v) is 1.48. The third kappa shape index (κ3) is 2.76. The first-order valence-electron chi connectivity index (χ1n) is 5.47. The van der Waals surface area contributed by atoms with Gasteiger partial charge in [0.1, 0.15) is 0 Å². The minimum Gasteiger partial charge on any atom is -0.382 e. The maximum atomic E-state index is 3.56. The average molecular weight is 191 g/mol. The molecule has 1 nitrogen and oxygen atoms in total. The number of benzene rings is 1. The fraction of sp³-hybridized carbons (Fsp3) is 0.538. The lowest BCUT2D eigenvalue weighted by Gasteiger charge is -2.22. The molecule has 1 N–H and O–H groups in total. The largest absolute Gasteiger partial charge is 0.382 e. The molecule has 0 spiro atoms. The van der Waals surface area contributed by atoms with Crippen LogP contribution in [-0.2, 0) is 0 Å². The molecule has 0 aromatic heterocycles. The van der Waals surface area contributed by atoms with Crippen LogP contribution < -0.4 is 5.32 Å². The van der Waals surface area contributed by atoms with Gasteiger partial charge in [0.15, 0.2) is 0 Å². The highest BCUT2D eigenvalue weighted by molar-refractivity contribution is 5.50. The maximum Gasteiger partial charge on any atom is 0.0372 e. The molecule has 1 heteroatoms. The number of anilines is 1. The van der Waals surface area contributed by atoms with E-state index < -0.39 is 0 Å². The Morgan fingerprint density at radius 1 is 1.21 bits per heavy atom. The highest BCUT2D eigenvalue weighted by Gasteiger charge is 2.09. The normalized spacial score (nSPS) is 14.9. The maximum absolute atomic E-state index is 3.56. The lowest BCUT2D eigenvalue weighted by Crippen LogP contribution is -2.23. The first kappa shape index (κ1) is 11.1. The van der Waals surface area contributed by atoms with Crippen molar-refractivity contribution in [3.63, 3.8) is 0 Å². The lowest BCUT2D eigenvalue weighted by atomic mass is 10.0. The van der Waals surface area contributed by atoms with Crippen LogP contribution in [0.2, 0.25) is 0 Å². The molecule has 0 fully saturated rings. The molecular formula is C13H21N. The second kappa shape index (κ2) is 5.04. The molecule has 0 aliphatic rings. The van der Waals surface area contributed by atoms with Crippen molar-refractivity contribution in [2.45, 2.75) is 40.2 Å². The Kier molecular flexibility index (Phi) is 3.99. The summed E-state index contributed by atoms with van der Waals surface area (Å²) in [5.41, 5.74) is 2.59. The van der Waals surface area contributed by atoms with Crippen LogP contribution in [-0.4, -0.2) is 6.04 Å². The van der Waals surface area contributed by atoms with Crippen molar-refractivity contribution in [3.8, 4) is 0 Å². The summed E-state index contributed by atoms with van der Waals surface area (Å²) in [6.45, 7) is 8.92. The summed E-state index contributed by atoms with van der Waals surface area (Å²) in [7, 11) is 0. The second-order valence-electron chi connectivity index (χ2n) is 4.13. The van der Waals surface area contributed by atoms with Crippen LogP contribution in [0, 0.1) is 12.8 Å². The van der Waals surface area contributed by atoms with Crippen molar-refractivity contribution < 1.29 is 0 Å². The van der Waals surface area contributed by atoms with Gasteiger partial charge in [0.05, 0.1) is 0 Å². The Morgan fingerprint density at radius 2 is 1.86 bits per heavy atom. The molecular weight excluding hydrogens is 170 g/mol. The van der Waals surface area contributed by atoms with Gasteiger partial charge in [-0.25, -0.2) is 0 Å². The van der Waals surface area contributed by atoms with Gasteiger partial charge in [-0.05, 0) is 31.4 Å². The van der Waals surface area contributed by atoms with E-state index in [0.29, 0.717) is 6.04 Å². The first-order chi connectivity index (χ1) is 6.65.